The zero-order chi connectivity index (χ0) is 18.1. The van der Waals surface area contributed by atoms with Crippen LogP contribution < -0.4 is 0 Å². The fourth-order valence-corrected chi connectivity index (χ4v) is 5.77. The van der Waals surface area contributed by atoms with E-state index in [0.29, 0.717) is 6.42 Å². The van der Waals surface area contributed by atoms with Crippen LogP contribution in [0.2, 0.25) is 0 Å². The van der Waals surface area contributed by atoms with E-state index in [1.165, 1.54) is 0 Å². The van der Waals surface area contributed by atoms with E-state index in [1.54, 1.807) is 0 Å². The zero-order valence-corrected chi connectivity index (χ0v) is 16.6. The van der Waals surface area contributed by atoms with Crippen LogP contribution in [0, 0.1) is 16.2 Å². The number of hydrogen-bond acceptors (Lipinski definition) is 3. The molecule has 1 spiro atoms. The van der Waals surface area contributed by atoms with Crippen molar-refractivity contribution in [2.24, 2.45) is 16.2 Å². The van der Waals surface area contributed by atoms with Crippen molar-refractivity contribution in [2.45, 2.75) is 65.6 Å². The molecule has 2 saturated carbocycles. The van der Waals surface area contributed by atoms with Crippen LogP contribution in [-0.2, 0) is 11.2 Å². The van der Waals surface area contributed by atoms with Crippen molar-refractivity contribution in [1.29, 1.82) is 0 Å². The lowest BCUT2D eigenvalue weighted by molar-refractivity contribution is -0.131. The highest BCUT2D eigenvalue weighted by Crippen LogP contribution is 2.77. The van der Waals surface area contributed by atoms with Crippen molar-refractivity contribution in [2.75, 3.05) is 0 Å². The number of carbonyl (C=O) groups is 1. The molecule has 1 aromatic rings. The second kappa shape index (κ2) is 5.39. The summed E-state index contributed by atoms with van der Waals surface area (Å²) in [6, 6.07) is 6.06. The summed E-state index contributed by atoms with van der Waals surface area (Å²) in [4.78, 5) is 13.3. The fourth-order valence-electron chi connectivity index (χ4n) is 5.36. The monoisotopic (exact) mass is 394 g/mol. The van der Waals surface area contributed by atoms with E-state index < -0.39 is 28.5 Å². The van der Waals surface area contributed by atoms with Crippen LogP contribution in [0.15, 0.2) is 22.7 Å². The first kappa shape index (κ1) is 18.1. The Morgan fingerprint density at radius 2 is 1.79 bits per heavy atom. The molecule has 3 nitrogen and oxygen atoms in total. The van der Waals surface area contributed by atoms with Crippen molar-refractivity contribution in [3.8, 4) is 0 Å². The summed E-state index contributed by atoms with van der Waals surface area (Å²) in [6.07, 6.45) is 0.0341. The summed E-state index contributed by atoms with van der Waals surface area (Å²) in [5.41, 5.74) is -0.123. The van der Waals surface area contributed by atoms with Gasteiger partial charge in [0.05, 0.1) is 23.0 Å². The van der Waals surface area contributed by atoms with Gasteiger partial charge in [0.1, 0.15) is 0 Å². The van der Waals surface area contributed by atoms with Gasteiger partial charge in [-0.1, -0.05) is 56.6 Å². The van der Waals surface area contributed by atoms with Crippen molar-refractivity contribution in [3.05, 3.63) is 33.8 Å². The molecule has 2 aliphatic carbocycles. The van der Waals surface area contributed by atoms with Gasteiger partial charge < -0.3 is 10.2 Å². The molecule has 5 atom stereocenters. The fraction of sp³-hybridized carbons (Fsp3) is 0.650. The van der Waals surface area contributed by atoms with Crippen LogP contribution in [0.1, 0.15) is 58.1 Å². The second-order valence-corrected chi connectivity index (χ2v) is 9.13. The maximum Gasteiger partial charge on any atom is 0.151 e. The van der Waals surface area contributed by atoms with Gasteiger partial charge in [0.15, 0.2) is 5.78 Å². The van der Waals surface area contributed by atoms with Crippen molar-refractivity contribution >= 4 is 21.7 Å². The molecule has 2 fully saturated rings. The van der Waals surface area contributed by atoms with Crippen LogP contribution in [0.3, 0.4) is 0 Å². The third-order valence-electron chi connectivity index (χ3n) is 6.91. The van der Waals surface area contributed by atoms with Crippen molar-refractivity contribution in [1.82, 2.24) is 0 Å². The molecule has 0 amide bonds. The van der Waals surface area contributed by atoms with Gasteiger partial charge in [-0.2, -0.15) is 0 Å². The lowest BCUT2D eigenvalue weighted by atomic mass is 9.70. The van der Waals surface area contributed by atoms with Gasteiger partial charge in [0, 0.05) is 15.8 Å². The van der Waals surface area contributed by atoms with E-state index in [9.17, 15) is 15.0 Å². The molecule has 0 saturated heterocycles. The van der Waals surface area contributed by atoms with Gasteiger partial charge in [-0.15, -0.1) is 0 Å². The number of ketones is 1. The van der Waals surface area contributed by atoms with Crippen LogP contribution >= 0.6 is 15.9 Å². The number of carbonyl (C=O) groups excluding carboxylic acids is 1. The van der Waals surface area contributed by atoms with Crippen LogP contribution in [-0.4, -0.2) is 28.2 Å². The Bertz CT molecular complexity index is 698. The number of benzene rings is 1. The first-order chi connectivity index (χ1) is 11.1. The van der Waals surface area contributed by atoms with E-state index in [2.05, 4.69) is 28.9 Å². The van der Waals surface area contributed by atoms with Crippen molar-refractivity contribution < 1.29 is 15.0 Å². The number of halogens is 1. The quantitative estimate of drug-likeness (QED) is 0.818. The van der Waals surface area contributed by atoms with Gasteiger partial charge in [0.2, 0.25) is 0 Å². The molecule has 0 aliphatic heterocycles. The summed E-state index contributed by atoms with van der Waals surface area (Å²) in [5, 5.41) is 21.9. The van der Waals surface area contributed by atoms with E-state index in [0.717, 1.165) is 22.0 Å². The molecule has 0 aromatic heterocycles. The Morgan fingerprint density at radius 1 is 1.17 bits per heavy atom. The van der Waals surface area contributed by atoms with Gasteiger partial charge in [-0.3, -0.25) is 4.79 Å². The molecular weight excluding hydrogens is 368 g/mol. The normalized spacial score (nSPS) is 40.3. The highest BCUT2D eigenvalue weighted by molar-refractivity contribution is 9.10. The largest absolute Gasteiger partial charge is 0.391 e. The lowest BCUT2D eigenvalue weighted by Gasteiger charge is -2.35. The average Bonchev–Trinajstić information content (AvgIpc) is 3.15. The van der Waals surface area contributed by atoms with E-state index in [1.807, 2.05) is 39.8 Å². The molecule has 3 rings (SSSR count). The highest BCUT2D eigenvalue weighted by Gasteiger charge is 2.84. The Hall–Kier alpha value is -0.710. The highest BCUT2D eigenvalue weighted by atomic mass is 79.9. The number of aryl methyl sites for hydroxylation is 1. The molecule has 2 N–H and O–H groups in total. The third kappa shape index (κ3) is 1.88. The molecular formula is C20H27BrO3. The van der Waals surface area contributed by atoms with Gasteiger partial charge in [0.25, 0.3) is 0 Å². The molecule has 24 heavy (non-hydrogen) atoms. The third-order valence-corrected chi connectivity index (χ3v) is 7.41. The number of aliphatic hydroxyl groups is 2. The lowest BCUT2D eigenvalue weighted by Crippen LogP contribution is -2.39. The van der Waals surface area contributed by atoms with Crippen LogP contribution in [0.4, 0.5) is 0 Å². The number of hydrogen-bond donors (Lipinski definition) is 2. The Balaban J connectivity index is 2.17. The summed E-state index contributed by atoms with van der Waals surface area (Å²) < 4.78 is 1.00. The standard InChI is InChI=1S/C20H27BrO3/c1-6-11-10-12(21)8-9-13(11)14-15(22)20(14)17(24)18(3,4)16(23)19(20,5)7-2/h8-10,14-16,22-23H,6-7H2,1-5H3. The van der Waals surface area contributed by atoms with E-state index in [4.69, 9.17) is 0 Å². The predicted molar refractivity (Wildman–Crippen MR) is 97.9 cm³/mol. The summed E-state index contributed by atoms with van der Waals surface area (Å²) in [6.45, 7) is 9.68. The SMILES string of the molecule is CCc1cc(Br)ccc1C1C(O)C12C(=O)C(C)(C)C(O)C2(C)CC. The van der Waals surface area contributed by atoms with Crippen LogP contribution in [0.5, 0.6) is 0 Å². The smallest absolute Gasteiger partial charge is 0.151 e. The van der Waals surface area contributed by atoms with Gasteiger partial charge in [-0.25, -0.2) is 0 Å². The van der Waals surface area contributed by atoms with E-state index in [-0.39, 0.29) is 11.7 Å². The Morgan fingerprint density at radius 3 is 2.33 bits per heavy atom. The first-order valence-corrected chi connectivity index (χ1v) is 9.59. The molecule has 2 aliphatic rings. The maximum atomic E-state index is 13.3. The number of aliphatic hydroxyl groups excluding tert-OH is 2. The van der Waals surface area contributed by atoms with Crippen molar-refractivity contribution in [3.63, 3.8) is 0 Å². The second-order valence-electron chi connectivity index (χ2n) is 8.21. The molecule has 0 radical (unpaired) electrons. The summed E-state index contributed by atoms with van der Waals surface area (Å²) in [7, 11) is 0. The van der Waals surface area contributed by atoms with Gasteiger partial charge >= 0.3 is 0 Å². The molecule has 0 bridgehead atoms. The minimum Gasteiger partial charge on any atom is -0.391 e. The maximum absolute atomic E-state index is 13.3. The summed E-state index contributed by atoms with van der Waals surface area (Å²) >= 11 is 3.50. The topological polar surface area (TPSA) is 57.5 Å². The minimum atomic E-state index is -0.873. The molecule has 0 heterocycles. The number of rotatable bonds is 3. The molecule has 5 unspecified atom stereocenters. The predicted octanol–water partition coefficient (Wildman–Crippen LogP) is 3.84. The molecule has 1 aromatic carbocycles. The van der Waals surface area contributed by atoms with Gasteiger partial charge in [-0.05, 0) is 36.1 Å². The zero-order valence-electron chi connectivity index (χ0n) is 15.1. The van der Waals surface area contributed by atoms with Crippen LogP contribution in [0.25, 0.3) is 0 Å². The minimum absolute atomic E-state index is 0.00863. The van der Waals surface area contributed by atoms with E-state index >= 15 is 0 Å². The molecule has 4 heteroatoms. The Labute approximate surface area is 152 Å². The summed E-state index contributed by atoms with van der Waals surface area (Å²) in [5.74, 6) is -0.219. The Kier molecular flexibility index (Phi) is 4.06. The molecule has 132 valence electrons. The number of Topliss-reactive ketones (excluding diaryl/α,β-unsaturated/α-hetero) is 1. The average molecular weight is 395 g/mol. The first-order valence-electron chi connectivity index (χ1n) is 8.80.